The van der Waals surface area contributed by atoms with Gasteiger partial charge in [0.05, 0.1) is 42.0 Å². The third kappa shape index (κ3) is 9.86. The number of aromatic hydroxyl groups is 3. The lowest BCUT2D eigenvalue weighted by molar-refractivity contribution is -0.128. The van der Waals surface area contributed by atoms with Crippen LogP contribution in [0.3, 0.4) is 0 Å². The number of benzene rings is 4. The molecule has 3 saturated heterocycles. The number of amides is 1. The lowest BCUT2D eigenvalue weighted by Crippen LogP contribution is -2.55. The predicted octanol–water partition coefficient (Wildman–Crippen LogP) is 6.46. The second kappa shape index (κ2) is 20.8. The fourth-order valence-electron chi connectivity index (χ4n) is 11.2. The number of phenolic OH excluding ortho intramolecular Hbond substituents is 2. The number of rotatable bonds is 14. The van der Waals surface area contributed by atoms with Crippen LogP contribution in [-0.4, -0.2) is 156 Å². The van der Waals surface area contributed by atoms with Crippen LogP contribution >= 0.6 is 0 Å². The van der Waals surface area contributed by atoms with E-state index in [9.17, 15) is 25.4 Å². The highest BCUT2D eigenvalue weighted by Gasteiger charge is 2.36. The number of hydrogen-bond acceptors (Lipinski definition) is 15. The number of hydrogen-bond donors (Lipinski definition) is 3. The average Bonchev–Trinajstić information content (AvgIpc) is 3.95. The Labute approximate surface area is 420 Å². The number of aromatic nitrogens is 5. The summed E-state index contributed by atoms with van der Waals surface area (Å²) >= 11 is 0. The summed E-state index contributed by atoms with van der Waals surface area (Å²) in [4.78, 5) is 37.0. The van der Waals surface area contributed by atoms with E-state index in [-0.39, 0.29) is 53.7 Å². The van der Waals surface area contributed by atoms with E-state index in [0.717, 1.165) is 87.7 Å². The Balaban J connectivity index is 0.765. The molecular weight excluding hydrogens is 909 g/mol. The van der Waals surface area contributed by atoms with Crippen LogP contribution in [0.2, 0.25) is 0 Å². The monoisotopic (exact) mass is 973 g/mol. The maximum absolute atomic E-state index is 12.8. The minimum atomic E-state index is -0.292. The first-order valence-corrected chi connectivity index (χ1v) is 25.2. The molecule has 4 aromatic carbocycles. The van der Waals surface area contributed by atoms with Crippen LogP contribution in [0.15, 0.2) is 91.5 Å². The standard InChI is InChI=1S/C55H64N12O5/c1-5-51(70)66-28-27-65(33-41(66)19-21-56)52-44-20-22-64(48-12-8-10-38-9-6-7-11-43(38)48)34-47(44)57-54(58-52)72-35-42-18-17-40(61(42)4)32-63-25-23-62(24-26-63)31-37-13-15-39(16-14-37)67-53(59-60-55(67)71)46-29-45(36(2)3)49(68)30-50(46)69/h5-16,29-30,36,40-42,68-69H,1,17-20,22-28,31-35H2,2-4H3,(H,60,71)/t40-,41+,42+/m1/s1. The molecule has 374 valence electrons. The number of likely N-dealkylation sites (N-methyl/N-ethyl adjacent to an activating group) is 1. The van der Waals surface area contributed by atoms with E-state index >= 15 is 0 Å². The molecule has 4 aliphatic heterocycles. The van der Waals surface area contributed by atoms with Gasteiger partial charge in [0.1, 0.15) is 23.9 Å². The van der Waals surface area contributed by atoms with E-state index in [1.165, 1.54) is 33.2 Å². The van der Waals surface area contributed by atoms with Crippen molar-refractivity contribution < 1.29 is 24.9 Å². The van der Waals surface area contributed by atoms with Gasteiger partial charge in [0.25, 0.3) is 0 Å². The number of anilines is 2. The Morgan fingerprint density at radius 2 is 1.62 bits per heavy atom. The van der Waals surface area contributed by atoms with E-state index in [2.05, 4.69) is 109 Å². The first kappa shape index (κ1) is 48.4. The van der Waals surface area contributed by atoms with Gasteiger partial charge in [0, 0.05) is 100 Å². The fraction of sp³-hybridized carbons (Fsp3) is 0.418. The summed E-state index contributed by atoms with van der Waals surface area (Å²) < 4.78 is 8.11. The van der Waals surface area contributed by atoms with Crippen molar-refractivity contribution in [3.8, 4) is 46.7 Å². The van der Waals surface area contributed by atoms with Gasteiger partial charge in [-0.25, -0.2) is 4.57 Å². The highest BCUT2D eigenvalue weighted by atomic mass is 16.5. The molecule has 4 aliphatic rings. The summed E-state index contributed by atoms with van der Waals surface area (Å²) in [7, 11) is 2.21. The largest absolute Gasteiger partial charge is 0.508 e. The van der Waals surface area contributed by atoms with E-state index in [1.54, 1.807) is 11.0 Å². The minimum Gasteiger partial charge on any atom is -0.508 e. The third-order valence-electron chi connectivity index (χ3n) is 15.3. The summed E-state index contributed by atoms with van der Waals surface area (Å²) in [6.07, 6.45) is 4.41. The number of piperazine rings is 2. The molecule has 3 N–H and O–H groups in total. The molecule has 0 spiro atoms. The summed E-state index contributed by atoms with van der Waals surface area (Å²) in [5, 5.41) is 52.1. The van der Waals surface area contributed by atoms with Crippen molar-refractivity contribution >= 4 is 28.2 Å². The zero-order chi connectivity index (χ0) is 50.0. The van der Waals surface area contributed by atoms with E-state index < -0.39 is 0 Å². The van der Waals surface area contributed by atoms with E-state index in [4.69, 9.17) is 14.7 Å². The number of nitrogens with zero attached hydrogens (tertiary/aromatic N) is 12. The minimum absolute atomic E-state index is 0.00638. The van der Waals surface area contributed by atoms with Gasteiger partial charge in [-0.3, -0.25) is 19.5 Å². The molecule has 17 nitrogen and oxygen atoms in total. The van der Waals surface area contributed by atoms with Gasteiger partial charge in [-0.1, -0.05) is 74.1 Å². The molecule has 0 bridgehead atoms. The van der Waals surface area contributed by atoms with Gasteiger partial charge in [-0.15, -0.1) is 5.10 Å². The second-order valence-corrected chi connectivity index (χ2v) is 20.0. The smallest absolute Gasteiger partial charge is 0.319 e. The molecule has 1 amide bonds. The molecule has 10 rings (SSSR count). The molecule has 0 radical (unpaired) electrons. The topological polar surface area (TPSA) is 187 Å². The van der Waals surface area contributed by atoms with Crippen molar-refractivity contribution in [2.75, 3.05) is 82.4 Å². The number of ether oxygens (including phenoxy) is 1. The molecular formula is C55H64N12O5. The van der Waals surface area contributed by atoms with Gasteiger partial charge in [0.15, 0.2) is 5.82 Å². The van der Waals surface area contributed by atoms with Gasteiger partial charge in [-0.2, -0.15) is 15.2 Å². The Bertz CT molecular complexity index is 2980. The highest BCUT2D eigenvalue weighted by Crippen LogP contribution is 2.40. The van der Waals surface area contributed by atoms with Crippen molar-refractivity contribution in [1.29, 1.82) is 5.26 Å². The Morgan fingerprint density at radius 1 is 0.861 bits per heavy atom. The van der Waals surface area contributed by atoms with Gasteiger partial charge >= 0.3 is 12.0 Å². The number of likely N-dealkylation sites (tertiary alicyclic amines) is 1. The Kier molecular flexibility index (Phi) is 14.0. The Hall–Kier alpha value is -7.26. The van der Waals surface area contributed by atoms with Crippen molar-refractivity contribution in [3.63, 3.8) is 0 Å². The first-order chi connectivity index (χ1) is 35.0. The zero-order valence-electron chi connectivity index (χ0n) is 41.4. The SMILES string of the molecule is C=CC(=O)N1CCN(c2nc(OC[C@@H]3CC[C@H](CN4CCN(Cc5ccc(-n6c(O)nnc6-c6cc(C(C)C)c(O)cc6O)cc5)CC4)N3C)nc3c2CCN(c2cccc4ccccc24)C3)C[C@@H]1CC#N. The van der Waals surface area contributed by atoms with E-state index in [0.29, 0.717) is 61.7 Å². The molecule has 17 heteroatoms. The van der Waals surface area contributed by atoms with Crippen LogP contribution in [0.5, 0.6) is 23.5 Å². The maximum atomic E-state index is 12.8. The lowest BCUT2D eigenvalue weighted by Gasteiger charge is -2.42. The van der Waals surface area contributed by atoms with Crippen LogP contribution < -0.4 is 14.5 Å². The van der Waals surface area contributed by atoms with Gasteiger partial charge in [0.2, 0.25) is 5.91 Å². The molecule has 3 atom stereocenters. The first-order valence-electron chi connectivity index (χ1n) is 25.2. The quantitative estimate of drug-likeness (QED) is 0.101. The predicted molar refractivity (Wildman–Crippen MR) is 277 cm³/mol. The highest BCUT2D eigenvalue weighted by molar-refractivity contribution is 5.94. The molecule has 6 aromatic rings. The molecule has 0 saturated carbocycles. The van der Waals surface area contributed by atoms with Gasteiger partial charge < -0.3 is 34.8 Å². The summed E-state index contributed by atoms with van der Waals surface area (Å²) in [6, 6.07) is 28.6. The zero-order valence-corrected chi connectivity index (χ0v) is 41.4. The molecule has 0 unspecified atom stereocenters. The molecule has 3 fully saturated rings. The lowest BCUT2D eigenvalue weighted by atomic mass is 9.98. The van der Waals surface area contributed by atoms with Crippen molar-refractivity contribution in [1.82, 2.24) is 44.3 Å². The number of phenols is 2. The number of nitriles is 1. The molecule has 6 heterocycles. The third-order valence-corrected chi connectivity index (χ3v) is 15.3. The maximum Gasteiger partial charge on any atom is 0.319 e. The summed E-state index contributed by atoms with van der Waals surface area (Å²) in [6.45, 7) is 16.7. The van der Waals surface area contributed by atoms with Crippen LogP contribution in [0.4, 0.5) is 11.5 Å². The number of carbonyl (C=O) groups excluding carboxylic acids is 1. The summed E-state index contributed by atoms with van der Waals surface area (Å²) in [5.41, 5.74) is 6.06. The molecule has 0 aliphatic carbocycles. The number of carbonyl (C=O) groups is 1. The van der Waals surface area contributed by atoms with Gasteiger partial charge in [-0.05, 0) is 79.1 Å². The van der Waals surface area contributed by atoms with Crippen LogP contribution in [0.25, 0.3) is 27.8 Å². The van der Waals surface area contributed by atoms with Crippen molar-refractivity contribution in [3.05, 3.63) is 114 Å². The number of fused-ring (bicyclic) bond motifs is 2. The van der Waals surface area contributed by atoms with Crippen LogP contribution in [0.1, 0.15) is 61.4 Å². The summed E-state index contributed by atoms with van der Waals surface area (Å²) in [5.74, 6) is 0.830. The van der Waals surface area contributed by atoms with Crippen molar-refractivity contribution in [2.45, 2.75) is 76.7 Å². The Morgan fingerprint density at radius 3 is 2.40 bits per heavy atom. The second-order valence-electron chi connectivity index (χ2n) is 20.0. The molecule has 72 heavy (non-hydrogen) atoms. The van der Waals surface area contributed by atoms with Crippen molar-refractivity contribution in [2.24, 2.45) is 0 Å². The normalized spacial score (nSPS) is 20.0. The van der Waals surface area contributed by atoms with Crippen LogP contribution in [0, 0.1) is 11.3 Å². The fourth-order valence-corrected chi connectivity index (χ4v) is 11.2. The molecule has 2 aromatic heterocycles. The van der Waals surface area contributed by atoms with E-state index in [1.807, 2.05) is 26.0 Å². The average molecular weight is 973 g/mol. The van der Waals surface area contributed by atoms with Crippen LogP contribution in [-0.2, 0) is 24.3 Å².